The summed E-state index contributed by atoms with van der Waals surface area (Å²) in [5.74, 6) is 0. The molecule has 0 saturated carbocycles. The Bertz CT molecular complexity index is 466. The van der Waals surface area contributed by atoms with Gasteiger partial charge in [0.25, 0.3) is 0 Å². The van der Waals surface area contributed by atoms with Gasteiger partial charge in [-0.3, -0.25) is 0 Å². The lowest BCUT2D eigenvalue weighted by atomic mass is 10.0. The van der Waals surface area contributed by atoms with Crippen molar-refractivity contribution >= 4 is 18.8 Å². The molecule has 2 aromatic rings. The summed E-state index contributed by atoms with van der Waals surface area (Å²) in [6.07, 6.45) is 0. The van der Waals surface area contributed by atoms with Crippen molar-refractivity contribution in [3.8, 4) is 0 Å². The Morgan fingerprint density at radius 2 is 1.67 bits per heavy atom. The molecule has 0 aliphatic heterocycles. The first kappa shape index (κ1) is 10.2. The summed E-state index contributed by atoms with van der Waals surface area (Å²) in [6, 6.07) is 14.8. The molecule has 2 heteroatoms. The lowest BCUT2D eigenvalue weighted by molar-refractivity contribution is -0.787. The molecule has 1 nitrogen and oxygen atoms in total. The van der Waals surface area contributed by atoms with E-state index in [1.54, 1.807) is 0 Å². The first-order chi connectivity index (χ1) is 7.06. The highest BCUT2D eigenvalue weighted by atomic mass is 15.2. The molecule has 0 unspecified atom stereocenters. The van der Waals surface area contributed by atoms with Crippen LogP contribution in [0.4, 0.5) is 0 Å². The van der Waals surface area contributed by atoms with Gasteiger partial charge in [0, 0.05) is 19.7 Å². The van der Waals surface area contributed by atoms with Crippen molar-refractivity contribution in [2.45, 2.75) is 6.54 Å². The van der Waals surface area contributed by atoms with Crippen LogP contribution in [0, 0.1) is 0 Å². The number of hydrogen-bond acceptors (Lipinski definition) is 0. The lowest BCUT2D eigenvalue weighted by Gasteiger charge is -2.41. The molecular weight excluding hydrogens is 181 g/mol. The van der Waals surface area contributed by atoms with Gasteiger partial charge in [-0.15, -0.1) is 0 Å². The van der Waals surface area contributed by atoms with Crippen LogP contribution in [0.5, 0.6) is 0 Å². The monoisotopic (exact) mass is 196 g/mol. The highest BCUT2D eigenvalue weighted by Crippen LogP contribution is 2.20. The van der Waals surface area contributed by atoms with Crippen LogP contribution in [-0.2, 0) is 6.54 Å². The van der Waals surface area contributed by atoms with Crippen LogP contribution in [0.15, 0.2) is 42.5 Å². The second-order valence-corrected chi connectivity index (χ2v) is 4.58. The normalized spacial score (nSPS) is 11.9. The first-order valence-corrected chi connectivity index (χ1v) is 5.14. The molecule has 0 fully saturated rings. The largest absolute Gasteiger partial charge is 0.589 e. The van der Waals surface area contributed by atoms with Gasteiger partial charge in [0.05, 0.1) is 6.54 Å². The summed E-state index contributed by atoms with van der Waals surface area (Å²) >= 11 is 0. The lowest BCUT2D eigenvalue weighted by Crippen LogP contribution is -2.35. The van der Waals surface area contributed by atoms with Gasteiger partial charge in [0.1, 0.15) is 0 Å². The molecule has 2 aromatic carbocycles. The predicted molar refractivity (Wildman–Crippen MR) is 65.5 cm³/mol. The third kappa shape index (κ3) is 2.39. The van der Waals surface area contributed by atoms with E-state index in [4.69, 9.17) is 7.98 Å². The molecule has 0 atom stereocenters. The Hall–Kier alpha value is -1.28. The summed E-state index contributed by atoms with van der Waals surface area (Å²) in [5, 5.41) is 2.58. The Kier molecular flexibility index (Phi) is 2.53. The van der Waals surface area contributed by atoms with Crippen LogP contribution in [0.1, 0.15) is 5.56 Å². The first-order valence-electron chi connectivity index (χ1n) is 5.14. The van der Waals surface area contributed by atoms with E-state index in [1.807, 2.05) is 14.1 Å². The van der Waals surface area contributed by atoms with Crippen molar-refractivity contribution in [1.82, 2.24) is 0 Å². The highest BCUT2D eigenvalue weighted by molar-refractivity contribution is 5.97. The van der Waals surface area contributed by atoms with Crippen molar-refractivity contribution in [1.29, 1.82) is 0 Å². The van der Waals surface area contributed by atoms with Crippen molar-refractivity contribution in [3.63, 3.8) is 0 Å². The molecule has 0 amide bonds. The smallest absolute Gasteiger partial charge is 0.0581 e. The van der Waals surface area contributed by atoms with E-state index in [9.17, 15) is 0 Å². The highest BCUT2D eigenvalue weighted by Gasteiger charge is 2.03. The number of quaternary nitrogens is 1. The average molecular weight is 196 g/mol. The molecule has 0 heterocycles. The number of fused-ring (bicyclic) bond motifs is 1. The fraction of sp³-hybridized carbons (Fsp3) is 0.231. The molecule has 0 bridgehead atoms. The molecule has 2 rings (SSSR count). The average Bonchev–Trinajstić information content (AvgIpc) is 2.16. The maximum atomic E-state index is 6.00. The summed E-state index contributed by atoms with van der Waals surface area (Å²) in [7, 11) is 10.00. The van der Waals surface area contributed by atoms with Gasteiger partial charge in [-0.05, 0) is 10.8 Å². The van der Waals surface area contributed by atoms with E-state index in [0.717, 1.165) is 6.54 Å². The van der Waals surface area contributed by atoms with Crippen LogP contribution < -0.4 is 0 Å². The number of benzene rings is 2. The van der Waals surface area contributed by atoms with E-state index >= 15 is 0 Å². The van der Waals surface area contributed by atoms with Crippen molar-refractivity contribution in [2.24, 2.45) is 0 Å². The minimum Gasteiger partial charge on any atom is -0.589 e. The van der Waals surface area contributed by atoms with Gasteiger partial charge in [-0.25, -0.2) is 7.98 Å². The zero-order chi connectivity index (χ0) is 10.9. The predicted octanol–water partition coefficient (Wildman–Crippen LogP) is 2.50. The second-order valence-electron chi connectivity index (χ2n) is 4.58. The van der Waals surface area contributed by atoms with Crippen LogP contribution >= 0.6 is 0 Å². The molecule has 0 N–H and O–H groups in total. The van der Waals surface area contributed by atoms with Gasteiger partial charge in [-0.1, -0.05) is 42.5 Å². The van der Waals surface area contributed by atoms with Gasteiger partial charge in [0.2, 0.25) is 0 Å². The third-order valence-electron chi connectivity index (χ3n) is 2.46. The van der Waals surface area contributed by atoms with Gasteiger partial charge < -0.3 is 4.39 Å². The fourth-order valence-corrected chi connectivity index (χ4v) is 1.87. The minimum absolute atomic E-state index is 0.466. The number of rotatable bonds is 2. The van der Waals surface area contributed by atoms with E-state index in [2.05, 4.69) is 42.5 Å². The maximum Gasteiger partial charge on any atom is 0.0581 e. The van der Waals surface area contributed by atoms with Crippen molar-refractivity contribution < 1.29 is 4.39 Å². The van der Waals surface area contributed by atoms with Gasteiger partial charge >= 0.3 is 0 Å². The van der Waals surface area contributed by atoms with Crippen LogP contribution in [-0.4, -0.2) is 26.5 Å². The number of nitrogens with zero attached hydrogens (tertiary/aromatic N) is 1. The van der Waals surface area contributed by atoms with E-state index < -0.39 is 0 Å². The summed E-state index contributed by atoms with van der Waals surface area (Å²) in [5.41, 5.74) is 1.31. The molecule has 0 saturated heterocycles. The standard InChI is InChI=1S/C13H15BN/c1-15(2,14)10-12-8-5-7-11-6-3-4-9-13(11)12/h3-9H,10H2,1-2H3. The Balaban J connectivity index is 2.52. The SMILES string of the molecule is [B-][N+](C)(C)Cc1cccc2ccccc12. The van der Waals surface area contributed by atoms with Crippen LogP contribution in [0.25, 0.3) is 10.8 Å². The van der Waals surface area contributed by atoms with Gasteiger partial charge in [-0.2, -0.15) is 0 Å². The second kappa shape index (κ2) is 3.71. The Labute approximate surface area is 92.4 Å². The molecule has 0 aromatic heterocycles. The van der Waals surface area contributed by atoms with Crippen molar-refractivity contribution in [2.75, 3.05) is 14.1 Å². The molecule has 0 aliphatic carbocycles. The number of hydrogen-bond donors (Lipinski definition) is 0. The minimum atomic E-state index is 0.466. The molecule has 75 valence electrons. The maximum absolute atomic E-state index is 6.00. The zero-order valence-electron chi connectivity index (χ0n) is 9.27. The van der Waals surface area contributed by atoms with E-state index in [-0.39, 0.29) is 0 Å². The topological polar surface area (TPSA) is 0 Å². The van der Waals surface area contributed by atoms with E-state index in [1.165, 1.54) is 16.3 Å². The van der Waals surface area contributed by atoms with E-state index in [0.29, 0.717) is 4.39 Å². The fourth-order valence-electron chi connectivity index (χ4n) is 1.87. The Morgan fingerprint density at radius 1 is 1.00 bits per heavy atom. The van der Waals surface area contributed by atoms with Crippen molar-refractivity contribution in [3.05, 3.63) is 48.0 Å². The van der Waals surface area contributed by atoms with Crippen LogP contribution in [0.3, 0.4) is 0 Å². The molecule has 3 radical (unpaired) electrons. The van der Waals surface area contributed by atoms with Crippen LogP contribution in [0.2, 0.25) is 0 Å². The summed E-state index contributed by atoms with van der Waals surface area (Å²) < 4.78 is 0.466. The molecule has 0 aliphatic rings. The third-order valence-corrected chi connectivity index (χ3v) is 2.46. The molecule has 15 heavy (non-hydrogen) atoms. The van der Waals surface area contributed by atoms with Gasteiger partial charge in [0.15, 0.2) is 0 Å². The zero-order valence-corrected chi connectivity index (χ0v) is 9.27. The quantitative estimate of drug-likeness (QED) is 0.647. The summed E-state index contributed by atoms with van der Waals surface area (Å²) in [6.45, 7) is 0.849. The summed E-state index contributed by atoms with van der Waals surface area (Å²) in [4.78, 5) is 0. The molecule has 0 spiro atoms. The Morgan fingerprint density at radius 3 is 2.40 bits per heavy atom. The molecular formula is C13H15BN.